The van der Waals surface area contributed by atoms with Crippen LogP contribution >= 0.6 is 11.6 Å². The van der Waals surface area contributed by atoms with Crippen molar-refractivity contribution in [2.45, 2.75) is 32.6 Å². The van der Waals surface area contributed by atoms with Gasteiger partial charge in [0.2, 0.25) is 0 Å². The Labute approximate surface area is 68.3 Å². The number of alkyl halides is 1. The van der Waals surface area contributed by atoms with Crippen LogP contribution in [-0.2, 0) is 0 Å². The van der Waals surface area contributed by atoms with E-state index in [0.29, 0.717) is 0 Å². The van der Waals surface area contributed by atoms with Crippen LogP contribution < -0.4 is 0 Å². The first-order valence-electron chi connectivity index (χ1n) is 4.07. The summed E-state index contributed by atoms with van der Waals surface area (Å²) in [6, 6.07) is 0. The van der Waals surface area contributed by atoms with Crippen LogP contribution in [0.25, 0.3) is 0 Å². The lowest BCUT2D eigenvalue weighted by Gasteiger charge is -2.26. The van der Waals surface area contributed by atoms with Gasteiger partial charge >= 0.3 is 0 Å². The molecule has 0 bridgehead atoms. The second kappa shape index (κ2) is 4.02. The molecule has 1 aliphatic rings. The minimum Gasteiger partial charge on any atom is -0.126 e. The Morgan fingerprint density at radius 2 is 2.30 bits per heavy atom. The molecule has 1 aliphatic carbocycles. The molecule has 0 radical (unpaired) electrons. The van der Waals surface area contributed by atoms with Crippen LogP contribution in [0.3, 0.4) is 0 Å². The molecule has 0 aromatic rings. The maximum absolute atomic E-state index is 5.57. The van der Waals surface area contributed by atoms with Crippen LogP contribution in [0.1, 0.15) is 32.6 Å². The lowest BCUT2D eigenvalue weighted by atomic mass is 9.80. The van der Waals surface area contributed by atoms with Gasteiger partial charge in [-0.05, 0) is 32.1 Å². The Bertz CT molecular complexity index is 123. The van der Waals surface area contributed by atoms with Gasteiger partial charge in [-0.15, -0.1) is 11.6 Å². The molecule has 0 aliphatic heterocycles. The van der Waals surface area contributed by atoms with Crippen molar-refractivity contribution in [3.8, 4) is 0 Å². The maximum Gasteiger partial charge on any atom is 0.0258 e. The Kier molecular flexibility index (Phi) is 3.27. The van der Waals surface area contributed by atoms with E-state index in [2.05, 4.69) is 13.0 Å². The molecule has 0 unspecified atom stereocenters. The summed E-state index contributed by atoms with van der Waals surface area (Å²) < 4.78 is 0. The van der Waals surface area contributed by atoms with Crippen LogP contribution in [0, 0.1) is 5.92 Å². The fourth-order valence-electron chi connectivity index (χ4n) is 1.31. The lowest BCUT2D eigenvalue weighted by molar-refractivity contribution is 0.367. The molecule has 0 heterocycles. The van der Waals surface area contributed by atoms with E-state index in [1.165, 1.54) is 19.3 Å². The van der Waals surface area contributed by atoms with Crippen LogP contribution in [0.15, 0.2) is 11.6 Å². The zero-order chi connectivity index (χ0) is 7.40. The molecule has 1 rings (SSSR count). The van der Waals surface area contributed by atoms with Crippen LogP contribution in [-0.4, -0.2) is 5.88 Å². The van der Waals surface area contributed by atoms with Crippen molar-refractivity contribution in [1.29, 1.82) is 0 Å². The topological polar surface area (TPSA) is 0 Å². The minimum absolute atomic E-state index is 0.768. The summed E-state index contributed by atoms with van der Waals surface area (Å²) in [7, 11) is 0. The zero-order valence-electron chi connectivity index (χ0n) is 6.57. The van der Waals surface area contributed by atoms with Crippen LogP contribution in [0.5, 0.6) is 0 Å². The maximum atomic E-state index is 5.57. The fraction of sp³-hybridized carbons (Fsp3) is 0.778. The van der Waals surface area contributed by atoms with Crippen molar-refractivity contribution >= 4 is 11.6 Å². The van der Waals surface area contributed by atoms with Crippen molar-refractivity contribution in [1.82, 2.24) is 0 Å². The number of hydrogen-bond donors (Lipinski definition) is 0. The van der Waals surface area contributed by atoms with E-state index in [9.17, 15) is 0 Å². The summed E-state index contributed by atoms with van der Waals surface area (Å²) >= 11 is 5.57. The predicted octanol–water partition coefficient (Wildman–Crippen LogP) is 3.36. The van der Waals surface area contributed by atoms with E-state index in [1.54, 1.807) is 5.57 Å². The Balaban J connectivity index is 2.23. The Morgan fingerprint density at radius 3 is 2.70 bits per heavy atom. The zero-order valence-corrected chi connectivity index (χ0v) is 7.32. The Hall–Kier alpha value is 0.0300. The van der Waals surface area contributed by atoms with Crippen molar-refractivity contribution in [3.63, 3.8) is 0 Å². The van der Waals surface area contributed by atoms with Crippen molar-refractivity contribution in [2.75, 3.05) is 5.88 Å². The number of hydrogen-bond acceptors (Lipinski definition) is 0. The smallest absolute Gasteiger partial charge is 0.0258 e. The molecule has 10 heavy (non-hydrogen) atoms. The van der Waals surface area contributed by atoms with Gasteiger partial charge in [0, 0.05) is 5.88 Å². The summed E-state index contributed by atoms with van der Waals surface area (Å²) in [5.74, 6) is 1.67. The van der Waals surface area contributed by atoms with Gasteiger partial charge < -0.3 is 0 Å². The molecule has 0 nitrogen and oxygen atoms in total. The average molecular weight is 159 g/mol. The first-order valence-corrected chi connectivity index (χ1v) is 4.60. The normalized spacial score (nSPS) is 20.8. The predicted molar refractivity (Wildman–Crippen MR) is 46.4 cm³/mol. The van der Waals surface area contributed by atoms with Gasteiger partial charge in [-0.25, -0.2) is 0 Å². The van der Waals surface area contributed by atoms with Gasteiger partial charge in [0.05, 0.1) is 0 Å². The average Bonchev–Trinajstić information content (AvgIpc) is 1.79. The number of rotatable bonds is 3. The third kappa shape index (κ3) is 2.02. The molecule has 1 fully saturated rings. The molecule has 0 amide bonds. The highest BCUT2D eigenvalue weighted by atomic mass is 35.5. The van der Waals surface area contributed by atoms with E-state index in [-0.39, 0.29) is 0 Å². The molecule has 0 atom stereocenters. The van der Waals surface area contributed by atoms with E-state index in [0.717, 1.165) is 18.2 Å². The Morgan fingerprint density at radius 1 is 1.60 bits per heavy atom. The second-order valence-corrected chi connectivity index (χ2v) is 3.43. The first kappa shape index (κ1) is 8.13. The highest BCUT2D eigenvalue weighted by Gasteiger charge is 2.17. The molecule has 0 N–H and O–H groups in total. The SMILES string of the molecule is C/C(=C\CCCl)C1CCC1. The summed E-state index contributed by atoms with van der Waals surface area (Å²) in [5, 5.41) is 0. The molecule has 0 aromatic heterocycles. The monoisotopic (exact) mass is 158 g/mol. The van der Waals surface area contributed by atoms with Gasteiger partial charge in [0.15, 0.2) is 0 Å². The van der Waals surface area contributed by atoms with Gasteiger partial charge in [-0.2, -0.15) is 0 Å². The van der Waals surface area contributed by atoms with Gasteiger partial charge in [-0.1, -0.05) is 18.1 Å². The van der Waals surface area contributed by atoms with Crippen molar-refractivity contribution < 1.29 is 0 Å². The highest BCUT2D eigenvalue weighted by Crippen LogP contribution is 2.32. The lowest BCUT2D eigenvalue weighted by Crippen LogP contribution is -2.11. The third-order valence-corrected chi connectivity index (χ3v) is 2.54. The fourth-order valence-corrected chi connectivity index (χ4v) is 1.42. The summed E-state index contributed by atoms with van der Waals surface area (Å²) in [6.45, 7) is 2.23. The molecule has 0 saturated heterocycles. The highest BCUT2D eigenvalue weighted by molar-refractivity contribution is 6.17. The second-order valence-electron chi connectivity index (χ2n) is 3.05. The van der Waals surface area contributed by atoms with Gasteiger partial charge in [0.1, 0.15) is 0 Å². The quantitative estimate of drug-likeness (QED) is 0.437. The van der Waals surface area contributed by atoms with Crippen LogP contribution in [0.2, 0.25) is 0 Å². The molecule has 1 heteroatoms. The van der Waals surface area contributed by atoms with E-state index < -0.39 is 0 Å². The third-order valence-electron chi connectivity index (χ3n) is 2.32. The van der Waals surface area contributed by atoms with E-state index in [4.69, 9.17) is 11.6 Å². The summed E-state index contributed by atoms with van der Waals surface area (Å²) in [5.41, 5.74) is 1.56. The molecule has 0 aromatic carbocycles. The number of halogens is 1. The van der Waals surface area contributed by atoms with Crippen LogP contribution in [0.4, 0.5) is 0 Å². The molecule has 1 saturated carbocycles. The van der Waals surface area contributed by atoms with Gasteiger partial charge in [-0.3, -0.25) is 0 Å². The first-order chi connectivity index (χ1) is 4.84. The van der Waals surface area contributed by atoms with Crippen molar-refractivity contribution in [3.05, 3.63) is 11.6 Å². The van der Waals surface area contributed by atoms with Gasteiger partial charge in [0.25, 0.3) is 0 Å². The van der Waals surface area contributed by atoms with Crippen molar-refractivity contribution in [2.24, 2.45) is 5.92 Å². The number of allylic oxidation sites excluding steroid dienone is 2. The molecule has 0 spiro atoms. The minimum atomic E-state index is 0.768. The summed E-state index contributed by atoms with van der Waals surface area (Å²) in [4.78, 5) is 0. The van der Waals surface area contributed by atoms with E-state index >= 15 is 0 Å². The standard InChI is InChI=1S/C9H15Cl/c1-8(4-3-7-10)9-5-2-6-9/h4,9H,2-3,5-7H2,1H3/b8-4+. The van der Waals surface area contributed by atoms with E-state index in [1.807, 2.05) is 0 Å². The molecular formula is C9H15Cl. The molecular weight excluding hydrogens is 144 g/mol. The summed E-state index contributed by atoms with van der Waals surface area (Å²) in [6.07, 6.45) is 7.58. The largest absolute Gasteiger partial charge is 0.126 e. The molecule has 58 valence electrons.